The molecule has 0 amide bonds. The van der Waals surface area contributed by atoms with Crippen LogP contribution < -0.4 is 0 Å². The molecule has 0 aromatic heterocycles. The minimum absolute atomic E-state index is 0.0621. The van der Waals surface area contributed by atoms with Gasteiger partial charge in [0, 0.05) is 11.8 Å². The highest BCUT2D eigenvalue weighted by atomic mass is 16.5. The summed E-state index contributed by atoms with van der Waals surface area (Å²) < 4.78 is 6.01. The van der Waals surface area contributed by atoms with Crippen LogP contribution in [-0.2, 0) is 14.3 Å². The Kier molecular flexibility index (Phi) is 5.70. The molecule has 0 radical (unpaired) electrons. The first-order valence-corrected chi connectivity index (χ1v) is 10.6. The smallest absolute Gasteiger partial charge is 0.310 e. The highest BCUT2D eigenvalue weighted by molar-refractivity contribution is 5.84. The molecule has 0 spiro atoms. The Morgan fingerprint density at radius 1 is 0.828 bits per heavy atom. The molecule has 2 saturated carbocycles. The van der Waals surface area contributed by atoms with Crippen molar-refractivity contribution in [3.63, 3.8) is 0 Å². The zero-order chi connectivity index (χ0) is 20.4. The molecule has 0 unspecified atom stereocenters. The van der Waals surface area contributed by atoms with Crippen molar-refractivity contribution in [2.45, 2.75) is 50.5 Å². The van der Waals surface area contributed by atoms with Crippen molar-refractivity contribution in [1.29, 1.82) is 0 Å². The SMILES string of the molecule is C[C@@H]1CCCC[C@H]1OC(=O)C1[C@@H](c2ccccc2)C(C(=O)O)[C@@H]1c1ccccc1. The maximum atomic E-state index is 13.4. The second kappa shape index (κ2) is 8.40. The average molecular weight is 392 g/mol. The van der Waals surface area contributed by atoms with Gasteiger partial charge in [-0.05, 0) is 36.3 Å². The molecular formula is C25H28O4. The summed E-state index contributed by atoms with van der Waals surface area (Å²) in [6.45, 7) is 2.14. The lowest BCUT2D eigenvalue weighted by molar-refractivity contribution is -0.171. The molecule has 2 aromatic rings. The summed E-state index contributed by atoms with van der Waals surface area (Å²) in [5.74, 6) is -2.60. The van der Waals surface area contributed by atoms with Crippen LogP contribution in [0.3, 0.4) is 0 Å². The van der Waals surface area contributed by atoms with Gasteiger partial charge in [-0.1, -0.05) is 74.0 Å². The topological polar surface area (TPSA) is 63.6 Å². The number of hydrogen-bond acceptors (Lipinski definition) is 3. The predicted octanol–water partition coefficient (Wildman–Crippen LogP) is 5.01. The molecule has 2 aliphatic carbocycles. The van der Waals surface area contributed by atoms with Crippen molar-refractivity contribution in [2.24, 2.45) is 17.8 Å². The molecule has 152 valence electrons. The summed E-state index contributed by atoms with van der Waals surface area (Å²) >= 11 is 0. The van der Waals surface area contributed by atoms with Crippen molar-refractivity contribution >= 4 is 11.9 Å². The van der Waals surface area contributed by atoms with E-state index in [1.165, 1.54) is 6.42 Å². The van der Waals surface area contributed by atoms with Gasteiger partial charge in [0.15, 0.2) is 0 Å². The number of carbonyl (C=O) groups excluding carboxylic acids is 1. The van der Waals surface area contributed by atoms with Crippen LogP contribution >= 0.6 is 0 Å². The lowest BCUT2D eigenvalue weighted by Crippen LogP contribution is -2.52. The molecule has 29 heavy (non-hydrogen) atoms. The number of carboxylic acids is 1. The van der Waals surface area contributed by atoms with E-state index in [-0.39, 0.29) is 23.9 Å². The number of hydrogen-bond donors (Lipinski definition) is 1. The number of esters is 1. The Bertz CT molecular complexity index is 800. The lowest BCUT2D eigenvalue weighted by Gasteiger charge is -2.49. The van der Waals surface area contributed by atoms with Crippen LogP contribution in [0.5, 0.6) is 0 Å². The van der Waals surface area contributed by atoms with E-state index < -0.39 is 17.8 Å². The molecule has 4 atom stereocenters. The summed E-state index contributed by atoms with van der Waals surface area (Å²) in [6, 6.07) is 19.1. The first-order chi connectivity index (χ1) is 14.1. The normalized spacial score (nSPS) is 31.5. The molecular weight excluding hydrogens is 364 g/mol. The number of aliphatic carboxylic acids is 1. The summed E-state index contributed by atoms with van der Waals surface area (Å²) in [4.78, 5) is 25.6. The van der Waals surface area contributed by atoms with Crippen LogP contribution in [0.25, 0.3) is 0 Å². The molecule has 4 heteroatoms. The highest BCUT2D eigenvalue weighted by Crippen LogP contribution is 2.58. The van der Waals surface area contributed by atoms with E-state index in [1.807, 2.05) is 60.7 Å². The standard InChI is InChI=1S/C25H28O4/c1-16-10-8-9-15-19(16)29-25(28)23-20(17-11-4-2-5-12-17)22(24(26)27)21(23)18-13-6-3-7-14-18/h2-7,11-14,16,19-23H,8-10,15H2,1H3,(H,26,27)/t16-,19-,20+,21+,22?,23?/m1/s1. The van der Waals surface area contributed by atoms with Crippen LogP contribution in [0.15, 0.2) is 60.7 Å². The fourth-order valence-corrected chi connectivity index (χ4v) is 5.21. The number of carboxylic acid groups (broad SMARTS) is 1. The third-order valence-corrected chi connectivity index (χ3v) is 6.77. The van der Waals surface area contributed by atoms with Gasteiger partial charge in [-0.15, -0.1) is 0 Å². The second-order valence-electron chi connectivity index (χ2n) is 8.50. The quantitative estimate of drug-likeness (QED) is 0.727. The van der Waals surface area contributed by atoms with Crippen LogP contribution in [0.2, 0.25) is 0 Å². The van der Waals surface area contributed by atoms with Gasteiger partial charge in [-0.25, -0.2) is 0 Å². The summed E-state index contributed by atoms with van der Waals surface area (Å²) in [5.41, 5.74) is 1.79. The number of ether oxygens (including phenoxy) is 1. The zero-order valence-electron chi connectivity index (χ0n) is 16.7. The molecule has 4 rings (SSSR count). The minimum Gasteiger partial charge on any atom is -0.481 e. The zero-order valence-corrected chi connectivity index (χ0v) is 16.7. The van der Waals surface area contributed by atoms with Gasteiger partial charge in [-0.2, -0.15) is 0 Å². The van der Waals surface area contributed by atoms with E-state index in [2.05, 4.69) is 6.92 Å². The fraction of sp³-hybridized carbons (Fsp3) is 0.440. The van der Waals surface area contributed by atoms with Gasteiger partial charge in [0.2, 0.25) is 0 Å². The molecule has 0 heterocycles. The second-order valence-corrected chi connectivity index (χ2v) is 8.50. The molecule has 1 N–H and O–H groups in total. The average Bonchev–Trinajstić information content (AvgIpc) is 2.70. The van der Waals surface area contributed by atoms with E-state index >= 15 is 0 Å². The Hall–Kier alpha value is -2.62. The number of rotatable bonds is 5. The Morgan fingerprint density at radius 3 is 1.83 bits per heavy atom. The Labute approximate surface area is 171 Å². The maximum Gasteiger partial charge on any atom is 0.310 e. The van der Waals surface area contributed by atoms with Crippen LogP contribution in [0, 0.1) is 17.8 Å². The third kappa shape index (κ3) is 3.81. The summed E-state index contributed by atoms with van der Waals surface area (Å²) in [6.07, 6.45) is 4.17. The lowest BCUT2D eigenvalue weighted by atomic mass is 9.52. The summed E-state index contributed by atoms with van der Waals surface area (Å²) in [7, 11) is 0. The van der Waals surface area contributed by atoms with Crippen LogP contribution in [0.1, 0.15) is 55.6 Å². The van der Waals surface area contributed by atoms with Gasteiger partial charge in [0.05, 0.1) is 11.8 Å². The number of benzene rings is 2. The third-order valence-electron chi connectivity index (χ3n) is 6.77. The first kappa shape index (κ1) is 19.7. The Morgan fingerprint density at radius 2 is 1.34 bits per heavy atom. The molecule has 4 nitrogen and oxygen atoms in total. The van der Waals surface area contributed by atoms with E-state index in [9.17, 15) is 14.7 Å². The van der Waals surface area contributed by atoms with Crippen molar-refractivity contribution in [3.8, 4) is 0 Å². The van der Waals surface area contributed by atoms with Crippen molar-refractivity contribution in [2.75, 3.05) is 0 Å². The molecule has 2 aromatic carbocycles. The van der Waals surface area contributed by atoms with E-state index in [1.54, 1.807) is 0 Å². The minimum atomic E-state index is -0.859. The van der Waals surface area contributed by atoms with Gasteiger partial charge >= 0.3 is 11.9 Å². The monoisotopic (exact) mass is 392 g/mol. The van der Waals surface area contributed by atoms with E-state index in [4.69, 9.17) is 4.74 Å². The molecule has 2 aliphatic rings. The van der Waals surface area contributed by atoms with Gasteiger partial charge in [-0.3, -0.25) is 9.59 Å². The predicted molar refractivity (Wildman–Crippen MR) is 110 cm³/mol. The van der Waals surface area contributed by atoms with Crippen LogP contribution in [0.4, 0.5) is 0 Å². The van der Waals surface area contributed by atoms with Crippen LogP contribution in [-0.4, -0.2) is 23.1 Å². The largest absolute Gasteiger partial charge is 0.481 e. The molecule has 0 aliphatic heterocycles. The van der Waals surface area contributed by atoms with E-state index in [0.29, 0.717) is 5.92 Å². The van der Waals surface area contributed by atoms with Gasteiger partial charge < -0.3 is 9.84 Å². The molecule has 2 fully saturated rings. The van der Waals surface area contributed by atoms with Crippen molar-refractivity contribution in [3.05, 3.63) is 71.8 Å². The molecule has 0 saturated heterocycles. The fourth-order valence-electron chi connectivity index (χ4n) is 5.21. The van der Waals surface area contributed by atoms with E-state index in [0.717, 1.165) is 30.4 Å². The molecule has 0 bridgehead atoms. The van der Waals surface area contributed by atoms with Crippen molar-refractivity contribution < 1.29 is 19.4 Å². The van der Waals surface area contributed by atoms with Crippen molar-refractivity contribution in [1.82, 2.24) is 0 Å². The van der Waals surface area contributed by atoms with Gasteiger partial charge in [0.1, 0.15) is 6.10 Å². The Balaban J connectivity index is 1.67. The first-order valence-electron chi connectivity index (χ1n) is 10.6. The number of carbonyl (C=O) groups is 2. The van der Waals surface area contributed by atoms with Gasteiger partial charge in [0.25, 0.3) is 0 Å². The maximum absolute atomic E-state index is 13.4. The highest BCUT2D eigenvalue weighted by Gasteiger charge is 2.59. The summed E-state index contributed by atoms with van der Waals surface area (Å²) in [5, 5.41) is 10.0.